The number of benzene rings is 1. The van der Waals surface area contributed by atoms with E-state index in [4.69, 9.17) is 5.11 Å². The van der Waals surface area contributed by atoms with E-state index in [1.54, 1.807) is 0 Å². The second kappa shape index (κ2) is 5.40. The van der Waals surface area contributed by atoms with Crippen LogP contribution in [0.5, 0.6) is 0 Å². The molecule has 1 heterocycles. The normalized spacial score (nSPS) is 11.4. The second-order valence-corrected chi connectivity index (χ2v) is 6.04. The highest BCUT2D eigenvalue weighted by Gasteiger charge is 2.16. The molecule has 0 aliphatic rings. The van der Waals surface area contributed by atoms with Gasteiger partial charge < -0.3 is 5.11 Å². The van der Waals surface area contributed by atoms with Crippen molar-refractivity contribution < 1.29 is 18.3 Å². The number of hydrogen-bond donors (Lipinski definition) is 4. The van der Waals surface area contributed by atoms with E-state index in [0.717, 1.165) is 0 Å². The molecule has 0 atom stereocenters. The molecular weight excluding hydrogens is 302 g/mol. The number of hydrogen-bond acceptors (Lipinski definition) is 5. The van der Waals surface area contributed by atoms with Crippen LogP contribution in [-0.2, 0) is 14.8 Å². The summed E-state index contributed by atoms with van der Waals surface area (Å²) in [5, 5.41) is 12.6. The Kier molecular flexibility index (Phi) is 3.80. The number of rotatable bonds is 5. The molecule has 0 saturated carbocycles. The Morgan fingerprint density at radius 2 is 1.86 bits per heavy atom. The molecule has 112 valence electrons. The number of fused-ring (bicyclic) bond motifs is 1. The van der Waals surface area contributed by atoms with Crippen molar-refractivity contribution >= 4 is 32.5 Å². The fraction of sp³-hybridized carbons (Fsp3) is 0.182. The molecule has 0 fully saturated rings. The van der Waals surface area contributed by atoms with Gasteiger partial charge in [0.15, 0.2) is 0 Å². The van der Waals surface area contributed by atoms with E-state index in [0.29, 0.717) is 0 Å². The van der Waals surface area contributed by atoms with Gasteiger partial charge in [-0.05, 0) is 12.1 Å². The van der Waals surface area contributed by atoms with Crippen molar-refractivity contribution in [1.29, 1.82) is 0 Å². The standard InChI is InChI=1S/C11H11N3O6S/c15-8(16)4-5-21(19,20)14-7-3-1-2-6-9(7)11(18)13-12-10(6)17/h1-3,14H,4-5H2,(H,12,17)(H,13,18)(H,15,16). The van der Waals surface area contributed by atoms with Crippen LogP contribution in [0.3, 0.4) is 0 Å². The van der Waals surface area contributed by atoms with E-state index in [2.05, 4.69) is 14.9 Å². The third-order valence-corrected chi connectivity index (χ3v) is 3.95. The minimum atomic E-state index is -3.95. The lowest BCUT2D eigenvalue weighted by atomic mass is 10.2. The van der Waals surface area contributed by atoms with Gasteiger partial charge in [-0.3, -0.25) is 29.3 Å². The largest absolute Gasteiger partial charge is 0.481 e. The molecule has 0 bridgehead atoms. The van der Waals surface area contributed by atoms with Crippen LogP contribution in [-0.4, -0.2) is 35.4 Å². The maximum atomic E-state index is 11.8. The summed E-state index contributed by atoms with van der Waals surface area (Å²) in [5.74, 6) is -1.90. The van der Waals surface area contributed by atoms with Crippen molar-refractivity contribution in [2.45, 2.75) is 6.42 Å². The van der Waals surface area contributed by atoms with Gasteiger partial charge in [-0.25, -0.2) is 8.42 Å². The molecule has 1 aromatic heterocycles. The first-order valence-corrected chi connectivity index (χ1v) is 7.41. The lowest BCUT2D eigenvalue weighted by Crippen LogP contribution is -2.23. The number of H-pyrrole nitrogens is 2. The highest BCUT2D eigenvalue weighted by molar-refractivity contribution is 7.92. The molecule has 9 nitrogen and oxygen atoms in total. The van der Waals surface area contributed by atoms with Gasteiger partial charge in [0, 0.05) is 0 Å². The monoisotopic (exact) mass is 313 g/mol. The smallest absolute Gasteiger partial charge is 0.304 e. The molecule has 0 radical (unpaired) electrons. The van der Waals surface area contributed by atoms with Gasteiger partial charge in [0.2, 0.25) is 10.0 Å². The number of carboxylic acid groups (broad SMARTS) is 1. The second-order valence-electron chi connectivity index (χ2n) is 4.20. The van der Waals surface area contributed by atoms with Gasteiger partial charge in [-0.1, -0.05) is 6.07 Å². The number of sulfonamides is 1. The molecule has 10 heteroatoms. The SMILES string of the molecule is O=C(O)CCS(=O)(=O)Nc1cccc2c(=O)[nH][nH]c(=O)c12. The van der Waals surface area contributed by atoms with Gasteiger partial charge in [-0.2, -0.15) is 0 Å². The van der Waals surface area contributed by atoms with E-state index >= 15 is 0 Å². The molecule has 0 unspecified atom stereocenters. The van der Waals surface area contributed by atoms with E-state index in [1.807, 2.05) is 0 Å². The van der Waals surface area contributed by atoms with Gasteiger partial charge in [0.1, 0.15) is 0 Å². The maximum absolute atomic E-state index is 11.8. The summed E-state index contributed by atoms with van der Waals surface area (Å²) >= 11 is 0. The number of carboxylic acids is 1. The summed E-state index contributed by atoms with van der Waals surface area (Å²) in [6, 6.07) is 4.10. The van der Waals surface area contributed by atoms with Gasteiger partial charge in [-0.15, -0.1) is 0 Å². The van der Waals surface area contributed by atoms with Crippen molar-refractivity contribution in [2.24, 2.45) is 0 Å². The fourth-order valence-electron chi connectivity index (χ4n) is 1.75. The molecule has 4 N–H and O–H groups in total. The zero-order chi connectivity index (χ0) is 15.6. The maximum Gasteiger partial charge on any atom is 0.304 e. The van der Waals surface area contributed by atoms with Crippen LogP contribution in [0, 0.1) is 0 Å². The predicted molar refractivity (Wildman–Crippen MR) is 74.9 cm³/mol. The number of nitrogens with one attached hydrogen (secondary N) is 3. The lowest BCUT2D eigenvalue weighted by molar-refractivity contribution is -0.136. The predicted octanol–water partition coefficient (Wildman–Crippen LogP) is -0.567. The minimum absolute atomic E-state index is 0.0252. The van der Waals surface area contributed by atoms with Crippen LogP contribution < -0.4 is 15.8 Å². The van der Waals surface area contributed by atoms with Crippen molar-refractivity contribution in [3.05, 3.63) is 38.9 Å². The zero-order valence-corrected chi connectivity index (χ0v) is 11.4. The lowest BCUT2D eigenvalue weighted by Gasteiger charge is -2.08. The quantitative estimate of drug-likeness (QED) is 0.581. The number of aromatic amines is 2. The van der Waals surface area contributed by atoms with E-state index in [1.165, 1.54) is 18.2 Å². The molecule has 0 saturated heterocycles. The summed E-state index contributed by atoms with van der Waals surface area (Å²) in [5.41, 5.74) is -1.32. The average molecular weight is 313 g/mol. The van der Waals surface area contributed by atoms with Gasteiger partial charge in [0.05, 0.1) is 28.6 Å². The number of aliphatic carboxylic acids is 1. The first-order valence-electron chi connectivity index (χ1n) is 5.76. The summed E-state index contributed by atoms with van der Waals surface area (Å²) in [6.45, 7) is 0. The van der Waals surface area contributed by atoms with Crippen molar-refractivity contribution in [3.63, 3.8) is 0 Å². The summed E-state index contributed by atoms with van der Waals surface area (Å²) < 4.78 is 25.7. The van der Waals surface area contributed by atoms with Crippen molar-refractivity contribution in [1.82, 2.24) is 10.2 Å². The first kappa shape index (κ1) is 14.8. The number of aromatic nitrogens is 2. The van der Waals surface area contributed by atoms with Crippen LogP contribution in [0.25, 0.3) is 10.8 Å². The topological polar surface area (TPSA) is 149 Å². The molecular formula is C11H11N3O6S. The Hall–Kier alpha value is -2.62. The third kappa shape index (κ3) is 3.28. The highest BCUT2D eigenvalue weighted by Crippen LogP contribution is 2.18. The first-order chi connectivity index (χ1) is 9.80. The van der Waals surface area contributed by atoms with E-state index in [9.17, 15) is 22.8 Å². The third-order valence-electron chi connectivity index (χ3n) is 2.68. The minimum Gasteiger partial charge on any atom is -0.481 e. The van der Waals surface area contributed by atoms with Crippen molar-refractivity contribution in [3.8, 4) is 0 Å². The average Bonchev–Trinajstić information content (AvgIpc) is 2.41. The molecule has 0 spiro atoms. The molecule has 21 heavy (non-hydrogen) atoms. The van der Waals surface area contributed by atoms with Crippen LogP contribution in [0.4, 0.5) is 5.69 Å². The Morgan fingerprint density at radius 3 is 2.52 bits per heavy atom. The molecule has 0 amide bonds. The van der Waals surface area contributed by atoms with E-state index in [-0.39, 0.29) is 16.5 Å². The Bertz CT molecular complexity index is 911. The van der Waals surface area contributed by atoms with Crippen LogP contribution >= 0.6 is 0 Å². The van der Waals surface area contributed by atoms with Gasteiger partial charge in [0.25, 0.3) is 11.1 Å². The molecule has 2 rings (SSSR count). The van der Waals surface area contributed by atoms with E-state index < -0.39 is 39.3 Å². The summed E-state index contributed by atoms with van der Waals surface area (Å²) in [4.78, 5) is 33.7. The van der Waals surface area contributed by atoms with Crippen LogP contribution in [0.15, 0.2) is 27.8 Å². The summed E-state index contributed by atoms with van der Waals surface area (Å²) in [6.07, 6.45) is -0.572. The summed E-state index contributed by atoms with van der Waals surface area (Å²) in [7, 11) is -3.95. The Labute approximate surface area is 117 Å². The van der Waals surface area contributed by atoms with Crippen LogP contribution in [0.1, 0.15) is 6.42 Å². The number of carbonyl (C=O) groups is 1. The molecule has 0 aliphatic carbocycles. The molecule has 1 aromatic carbocycles. The Balaban J connectivity index is 2.49. The number of anilines is 1. The van der Waals surface area contributed by atoms with Crippen LogP contribution in [0.2, 0.25) is 0 Å². The fourth-order valence-corrected chi connectivity index (χ4v) is 2.81. The van der Waals surface area contributed by atoms with Crippen molar-refractivity contribution in [2.75, 3.05) is 10.5 Å². The van der Waals surface area contributed by atoms with Gasteiger partial charge >= 0.3 is 5.97 Å². The highest BCUT2D eigenvalue weighted by atomic mass is 32.2. The zero-order valence-electron chi connectivity index (χ0n) is 10.5. The Morgan fingerprint density at radius 1 is 1.19 bits per heavy atom. The molecule has 2 aromatic rings. The molecule has 0 aliphatic heterocycles.